The lowest BCUT2D eigenvalue weighted by Crippen LogP contribution is -2.42. The number of hydrogen-bond donors (Lipinski definition) is 2. The normalized spacial score (nSPS) is 20.6. The summed E-state index contributed by atoms with van der Waals surface area (Å²) >= 11 is 5.84. The Labute approximate surface area is 151 Å². The van der Waals surface area contributed by atoms with Crippen LogP contribution in [0, 0.1) is 10.1 Å². The number of rotatable bonds is 4. The van der Waals surface area contributed by atoms with Gasteiger partial charge in [-0.15, -0.1) is 0 Å². The van der Waals surface area contributed by atoms with Crippen molar-refractivity contribution in [3.8, 4) is 0 Å². The van der Waals surface area contributed by atoms with Crippen molar-refractivity contribution in [2.45, 2.75) is 64.1 Å². The molecule has 1 aliphatic rings. The molecule has 0 unspecified atom stereocenters. The van der Waals surface area contributed by atoms with Crippen LogP contribution in [-0.4, -0.2) is 33.7 Å². The van der Waals surface area contributed by atoms with Crippen LogP contribution in [0.3, 0.4) is 0 Å². The number of anilines is 1. The van der Waals surface area contributed by atoms with Crippen molar-refractivity contribution in [1.29, 1.82) is 0 Å². The van der Waals surface area contributed by atoms with E-state index in [9.17, 15) is 14.9 Å². The highest BCUT2D eigenvalue weighted by Crippen LogP contribution is 2.29. The van der Waals surface area contributed by atoms with Crippen molar-refractivity contribution >= 4 is 29.1 Å². The summed E-state index contributed by atoms with van der Waals surface area (Å²) < 4.78 is 5.26. The Morgan fingerprint density at radius 3 is 2.48 bits per heavy atom. The molecule has 0 spiro atoms. The highest BCUT2D eigenvalue weighted by Gasteiger charge is 2.26. The van der Waals surface area contributed by atoms with Gasteiger partial charge in [-0.1, -0.05) is 11.6 Å². The van der Waals surface area contributed by atoms with Crippen LogP contribution in [0.4, 0.5) is 16.2 Å². The van der Waals surface area contributed by atoms with E-state index < -0.39 is 16.6 Å². The monoisotopic (exact) mass is 370 g/mol. The second kappa shape index (κ2) is 7.86. The van der Waals surface area contributed by atoms with E-state index in [0.717, 1.165) is 31.9 Å². The third-order valence-corrected chi connectivity index (χ3v) is 4.06. The van der Waals surface area contributed by atoms with Gasteiger partial charge in [0, 0.05) is 18.2 Å². The molecule has 2 rings (SSSR count). The summed E-state index contributed by atoms with van der Waals surface area (Å²) in [5, 5.41) is 17.3. The number of nitrogens with one attached hydrogen (secondary N) is 2. The molecule has 1 fully saturated rings. The van der Waals surface area contributed by atoms with Gasteiger partial charge in [0.2, 0.25) is 0 Å². The van der Waals surface area contributed by atoms with Crippen LogP contribution in [-0.2, 0) is 4.74 Å². The zero-order valence-electron chi connectivity index (χ0n) is 14.5. The first-order valence-electron chi connectivity index (χ1n) is 8.20. The zero-order valence-corrected chi connectivity index (χ0v) is 15.3. The minimum absolute atomic E-state index is 0.0453. The average molecular weight is 371 g/mol. The molecule has 0 aliphatic heterocycles. The number of hydrogen-bond acceptors (Lipinski definition) is 6. The van der Waals surface area contributed by atoms with E-state index in [1.165, 1.54) is 6.07 Å². The number of carbonyl (C=O) groups excluding carboxylic acids is 1. The summed E-state index contributed by atoms with van der Waals surface area (Å²) in [6, 6.07) is 1.59. The molecule has 2 N–H and O–H groups in total. The minimum atomic E-state index is -0.525. The lowest BCUT2D eigenvalue weighted by atomic mass is 9.91. The first-order valence-corrected chi connectivity index (χ1v) is 8.58. The molecule has 0 radical (unpaired) electrons. The fraction of sp³-hybridized carbons (Fsp3) is 0.625. The molecule has 25 heavy (non-hydrogen) atoms. The molecule has 1 aromatic rings. The quantitative estimate of drug-likeness (QED) is 0.473. The Bertz CT molecular complexity index is 640. The van der Waals surface area contributed by atoms with Crippen LogP contribution in [0.2, 0.25) is 5.15 Å². The Balaban J connectivity index is 1.88. The molecular formula is C16H23ClN4O4. The van der Waals surface area contributed by atoms with Crippen LogP contribution in [0.1, 0.15) is 46.5 Å². The molecule has 1 saturated carbocycles. The number of nitro groups is 1. The summed E-state index contributed by atoms with van der Waals surface area (Å²) in [6.45, 7) is 5.46. The summed E-state index contributed by atoms with van der Waals surface area (Å²) in [5.41, 5.74) is -0.255. The first kappa shape index (κ1) is 19.2. The van der Waals surface area contributed by atoms with E-state index in [1.54, 1.807) is 0 Å². The molecule has 0 aromatic carbocycles. The molecule has 0 saturated heterocycles. The van der Waals surface area contributed by atoms with Crippen molar-refractivity contribution < 1.29 is 14.5 Å². The largest absolute Gasteiger partial charge is 0.444 e. The second-order valence-electron chi connectivity index (χ2n) is 7.12. The third kappa shape index (κ3) is 6.04. The fourth-order valence-corrected chi connectivity index (χ4v) is 2.92. The number of alkyl carbamates (subject to hydrolysis) is 1. The minimum Gasteiger partial charge on any atom is -0.444 e. The highest BCUT2D eigenvalue weighted by molar-refractivity contribution is 6.29. The van der Waals surface area contributed by atoms with Crippen molar-refractivity contribution in [1.82, 2.24) is 10.3 Å². The van der Waals surface area contributed by atoms with Gasteiger partial charge in [0.1, 0.15) is 22.6 Å². The Morgan fingerprint density at radius 1 is 1.32 bits per heavy atom. The Kier molecular flexibility index (Phi) is 6.05. The smallest absolute Gasteiger partial charge is 0.407 e. The van der Waals surface area contributed by atoms with E-state index in [4.69, 9.17) is 16.3 Å². The number of aromatic nitrogens is 1. The van der Waals surface area contributed by atoms with Gasteiger partial charge >= 0.3 is 11.8 Å². The van der Waals surface area contributed by atoms with E-state index in [0.29, 0.717) is 5.69 Å². The maximum atomic E-state index is 11.8. The third-order valence-electron chi connectivity index (χ3n) is 3.85. The van der Waals surface area contributed by atoms with E-state index in [1.807, 2.05) is 20.8 Å². The average Bonchev–Trinajstić information content (AvgIpc) is 2.47. The molecule has 0 bridgehead atoms. The standard InChI is InChI=1S/C16H23ClN4O4/c1-16(2,3)25-15(22)20-11-6-4-10(5-7-11)19-12-8-14(17)18-9-13(12)21(23)24/h8-11H,4-7H2,1-3H3,(H,18,19)(H,20,22). The number of carbonyl (C=O) groups is 1. The maximum absolute atomic E-state index is 11.8. The van der Waals surface area contributed by atoms with Crippen LogP contribution < -0.4 is 10.6 Å². The zero-order chi connectivity index (χ0) is 18.6. The Morgan fingerprint density at radius 2 is 1.92 bits per heavy atom. The van der Waals surface area contributed by atoms with Crippen LogP contribution >= 0.6 is 11.6 Å². The molecule has 9 heteroatoms. The highest BCUT2D eigenvalue weighted by atomic mass is 35.5. The predicted octanol–water partition coefficient (Wildman–Crippen LogP) is 3.89. The van der Waals surface area contributed by atoms with Gasteiger partial charge in [-0.3, -0.25) is 10.1 Å². The molecule has 138 valence electrons. The van der Waals surface area contributed by atoms with Gasteiger partial charge in [0.15, 0.2) is 0 Å². The molecule has 1 aromatic heterocycles. The second-order valence-corrected chi connectivity index (χ2v) is 7.51. The van der Waals surface area contributed by atoms with Crippen LogP contribution in [0.15, 0.2) is 12.3 Å². The summed E-state index contributed by atoms with van der Waals surface area (Å²) in [7, 11) is 0. The molecular weight excluding hydrogens is 348 g/mol. The van der Waals surface area contributed by atoms with Gasteiger partial charge in [-0.25, -0.2) is 9.78 Å². The topological polar surface area (TPSA) is 106 Å². The lowest BCUT2D eigenvalue weighted by Gasteiger charge is -2.30. The van der Waals surface area contributed by atoms with Crippen molar-refractivity contribution in [2.75, 3.05) is 5.32 Å². The lowest BCUT2D eigenvalue weighted by molar-refractivity contribution is -0.384. The van der Waals surface area contributed by atoms with Crippen molar-refractivity contribution in [3.05, 3.63) is 27.5 Å². The molecule has 1 amide bonds. The van der Waals surface area contributed by atoms with E-state index in [2.05, 4.69) is 15.6 Å². The Hall–Kier alpha value is -2.09. The molecule has 1 aliphatic carbocycles. The van der Waals surface area contributed by atoms with Gasteiger partial charge in [0.05, 0.1) is 4.92 Å². The summed E-state index contributed by atoms with van der Waals surface area (Å²) in [4.78, 5) is 26.2. The number of amides is 1. The van der Waals surface area contributed by atoms with E-state index in [-0.39, 0.29) is 22.9 Å². The van der Waals surface area contributed by atoms with Crippen LogP contribution in [0.5, 0.6) is 0 Å². The van der Waals surface area contributed by atoms with Gasteiger partial charge in [-0.2, -0.15) is 0 Å². The fourth-order valence-electron chi connectivity index (χ4n) is 2.76. The number of halogens is 1. The molecule has 0 atom stereocenters. The SMILES string of the molecule is CC(C)(C)OC(=O)NC1CCC(Nc2cc(Cl)ncc2[N+](=O)[O-])CC1. The van der Waals surface area contributed by atoms with Gasteiger partial charge in [-0.05, 0) is 46.5 Å². The first-order chi connectivity index (χ1) is 11.6. The van der Waals surface area contributed by atoms with E-state index >= 15 is 0 Å². The number of pyridine rings is 1. The van der Waals surface area contributed by atoms with Crippen LogP contribution in [0.25, 0.3) is 0 Å². The van der Waals surface area contributed by atoms with Crippen molar-refractivity contribution in [2.24, 2.45) is 0 Å². The molecule has 8 nitrogen and oxygen atoms in total. The maximum Gasteiger partial charge on any atom is 0.407 e. The summed E-state index contributed by atoms with van der Waals surface area (Å²) in [5.74, 6) is 0. The number of ether oxygens (including phenoxy) is 1. The predicted molar refractivity (Wildman–Crippen MR) is 94.9 cm³/mol. The van der Waals surface area contributed by atoms with Crippen molar-refractivity contribution in [3.63, 3.8) is 0 Å². The summed E-state index contributed by atoms with van der Waals surface area (Å²) in [6.07, 6.45) is 3.82. The van der Waals surface area contributed by atoms with Gasteiger partial charge in [0.25, 0.3) is 0 Å². The van der Waals surface area contributed by atoms with Gasteiger partial charge < -0.3 is 15.4 Å². The number of nitrogens with zero attached hydrogens (tertiary/aromatic N) is 2. The molecule has 1 heterocycles.